The highest BCUT2D eigenvalue weighted by molar-refractivity contribution is 7.10. The molecule has 0 aliphatic carbocycles. The van der Waals surface area contributed by atoms with Gasteiger partial charge in [-0.25, -0.2) is 4.79 Å². The molecule has 2 heterocycles. The maximum atomic E-state index is 11.8. The first-order valence-corrected chi connectivity index (χ1v) is 6.39. The van der Waals surface area contributed by atoms with Crippen molar-refractivity contribution in [1.82, 2.24) is 4.37 Å². The topological polar surface area (TPSA) is 72.5 Å². The van der Waals surface area contributed by atoms with Gasteiger partial charge in [0.25, 0.3) is 0 Å². The summed E-state index contributed by atoms with van der Waals surface area (Å²) in [5.74, 6) is 1.32. The normalized spacial score (nSPS) is 12.3. The molecule has 3 rings (SSSR count). The summed E-state index contributed by atoms with van der Waals surface area (Å²) in [6, 6.07) is 6.73. The van der Waals surface area contributed by atoms with Crippen molar-refractivity contribution in [2.24, 2.45) is 0 Å². The lowest BCUT2D eigenvalue weighted by Crippen LogP contribution is -2.18. The van der Waals surface area contributed by atoms with E-state index in [1.54, 1.807) is 18.2 Å². The molecule has 0 bridgehead atoms. The molecular weight excluding hydrogens is 266 g/mol. The minimum absolute atomic E-state index is 0.213. The third-order valence-corrected chi connectivity index (χ3v) is 3.29. The van der Waals surface area contributed by atoms with Crippen LogP contribution in [0.1, 0.15) is 5.69 Å². The van der Waals surface area contributed by atoms with Gasteiger partial charge in [-0.15, -0.1) is 0 Å². The van der Waals surface area contributed by atoms with Gasteiger partial charge in [-0.3, -0.25) is 5.32 Å². The molecule has 2 amide bonds. The van der Waals surface area contributed by atoms with E-state index in [4.69, 9.17) is 9.47 Å². The van der Waals surface area contributed by atoms with E-state index in [0.29, 0.717) is 22.2 Å². The van der Waals surface area contributed by atoms with Gasteiger partial charge in [-0.1, -0.05) is 0 Å². The van der Waals surface area contributed by atoms with Crippen LogP contribution in [0.15, 0.2) is 24.3 Å². The fraction of sp³-hybridized carbons (Fsp3) is 0.167. The van der Waals surface area contributed by atoms with E-state index in [1.165, 1.54) is 11.5 Å². The fourth-order valence-corrected chi connectivity index (χ4v) is 2.33. The molecule has 0 spiro atoms. The van der Waals surface area contributed by atoms with Crippen molar-refractivity contribution >= 4 is 28.3 Å². The van der Waals surface area contributed by atoms with Crippen LogP contribution in [-0.4, -0.2) is 17.2 Å². The van der Waals surface area contributed by atoms with Crippen molar-refractivity contribution in [3.8, 4) is 11.5 Å². The Labute approximate surface area is 113 Å². The summed E-state index contributed by atoms with van der Waals surface area (Å²) in [5, 5.41) is 6.14. The first-order valence-electron chi connectivity index (χ1n) is 5.62. The van der Waals surface area contributed by atoms with E-state index in [0.717, 1.165) is 5.69 Å². The second-order valence-corrected chi connectivity index (χ2v) is 4.78. The second kappa shape index (κ2) is 4.77. The van der Waals surface area contributed by atoms with Gasteiger partial charge in [0.05, 0.1) is 5.69 Å². The van der Waals surface area contributed by atoms with Crippen LogP contribution in [0.3, 0.4) is 0 Å². The van der Waals surface area contributed by atoms with E-state index < -0.39 is 0 Å². The lowest BCUT2D eigenvalue weighted by Gasteiger charge is -2.06. The maximum Gasteiger partial charge on any atom is 0.324 e. The minimum atomic E-state index is -0.317. The molecule has 0 saturated carbocycles. The van der Waals surface area contributed by atoms with Gasteiger partial charge in [0.2, 0.25) is 6.79 Å². The summed E-state index contributed by atoms with van der Waals surface area (Å²) in [5.41, 5.74) is 1.52. The first kappa shape index (κ1) is 11.8. The highest BCUT2D eigenvalue weighted by Gasteiger charge is 2.14. The third-order valence-electron chi connectivity index (χ3n) is 2.50. The number of anilines is 2. The number of rotatable bonds is 2. The van der Waals surface area contributed by atoms with Crippen LogP contribution in [0.4, 0.5) is 15.5 Å². The number of aromatic nitrogens is 1. The number of carbonyl (C=O) groups is 1. The van der Waals surface area contributed by atoms with E-state index in [1.807, 2.05) is 13.0 Å². The van der Waals surface area contributed by atoms with Crippen molar-refractivity contribution in [2.75, 3.05) is 17.4 Å². The molecule has 0 fully saturated rings. The number of amides is 2. The molecule has 1 aliphatic rings. The zero-order valence-electron chi connectivity index (χ0n) is 10.1. The van der Waals surface area contributed by atoms with Crippen LogP contribution < -0.4 is 20.1 Å². The summed E-state index contributed by atoms with van der Waals surface area (Å²) >= 11 is 1.24. The van der Waals surface area contributed by atoms with Gasteiger partial charge in [0, 0.05) is 11.8 Å². The number of urea groups is 1. The Hall–Kier alpha value is -2.28. The van der Waals surface area contributed by atoms with Gasteiger partial charge in [-0.2, -0.15) is 4.37 Å². The lowest BCUT2D eigenvalue weighted by atomic mass is 10.3. The molecule has 0 unspecified atom stereocenters. The van der Waals surface area contributed by atoms with Gasteiger partial charge in [0.15, 0.2) is 11.5 Å². The van der Waals surface area contributed by atoms with E-state index in [-0.39, 0.29) is 12.8 Å². The van der Waals surface area contributed by atoms with Crippen LogP contribution >= 0.6 is 11.5 Å². The van der Waals surface area contributed by atoms with Crippen LogP contribution in [0, 0.1) is 6.92 Å². The molecule has 7 heteroatoms. The predicted molar refractivity (Wildman–Crippen MR) is 72.1 cm³/mol. The molecule has 6 nitrogen and oxygen atoms in total. The van der Waals surface area contributed by atoms with Crippen LogP contribution in [-0.2, 0) is 0 Å². The molecule has 19 heavy (non-hydrogen) atoms. The molecule has 0 radical (unpaired) electrons. The Morgan fingerprint density at radius 1 is 1.26 bits per heavy atom. The van der Waals surface area contributed by atoms with E-state index in [2.05, 4.69) is 15.0 Å². The summed E-state index contributed by atoms with van der Waals surface area (Å²) in [6.07, 6.45) is 0. The second-order valence-electron chi connectivity index (χ2n) is 3.98. The Balaban J connectivity index is 1.66. The number of nitrogens with one attached hydrogen (secondary N) is 2. The summed E-state index contributed by atoms with van der Waals surface area (Å²) in [6.45, 7) is 2.09. The van der Waals surface area contributed by atoms with Gasteiger partial charge in [0.1, 0.15) is 5.00 Å². The number of hydrogen-bond donors (Lipinski definition) is 2. The maximum absolute atomic E-state index is 11.8. The Morgan fingerprint density at radius 2 is 2.11 bits per heavy atom. The van der Waals surface area contributed by atoms with Crippen molar-refractivity contribution in [2.45, 2.75) is 6.92 Å². The van der Waals surface area contributed by atoms with Crippen LogP contribution in [0.2, 0.25) is 0 Å². The number of carbonyl (C=O) groups excluding carboxylic acids is 1. The molecule has 98 valence electrons. The first-order chi connectivity index (χ1) is 9.20. The molecule has 0 saturated heterocycles. The fourth-order valence-electron chi connectivity index (χ4n) is 1.67. The van der Waals surface area contributed by atoms with Crippen molar-refractivity contribution < 1.29 is 14.3 Å². The average molecular weight is 277 g/mol. The Morgan fingerprint density at radius 3 is 2.89 bits per heavy atom. The lowest BCUT2D eigenvalue weighted by molar-refractivity contribution is 0.174. The predicted octanol–water partition coefficient (Wildman–Crippen LogP) is 2.82. The standard InChI is InChI=1S/C12H11N3O3S/c1-7-4-11(19-15-7)14-12(16)13-8-2-3-9-10(5-8)18-6-17-9/h2-5H,6H2,1H3,(H2,13,14,16). The highest BCUT2D eigenvalue weighted by Crippen LogP contribution is 2.34. The zero-order valence-corrected chi connectivity index (χ0v) is 10.9. The average Bonchev–Trinajstić information content (AvgIpc) is 2.97. The third kappa shape index (κ3) is 2.60. The van der Waals surface area contributed by atoms with Gasteiger partial charge >= 0.3 is 6.03 Å². The highest BCUT2D eigenvalue weighted by atomic mass is 32.1. The van der Waals surface area contributed by atoms with Crippen molar-refractivity contribution in [1.29, 1.82) is 0 Å². The molecule has 1 aromatic carbocycles. The number of fused-ring (bicyclic) bond motifs is 1. The van der Waals surface area contributed by atoms with Crippen LogP contribution in [0.25, 0.3) is 0 Å². The molecule has 2 N–H and O–H groups in total. The SMILES string of the molecule is Cc1cc(NC(=O)Nc2ccc3c(c2)OCO3)sn1. The zero-order chi connectivity index (χ0) is 13.2. The molecule has 1 aromatic heterocycles. The monoisotopic (exact) mass is 277 g/mol. The molecule has 2 aromatic rings. The Bertz CT molecular complexity index is 626. The summed E-state index contributed by atoms with van der Waals surface area (Å²) < 4.78 is 14.5. The van der Waals surface area contributed by atoms with Gasteiger partial charge in [-0.05, 0) is 36.7 Å². The van der Waals surface area contributed by atoms with Crippen molar-refractivity contribution in [3.05, 3.63) is 30.0 Å². The quantitative estimate of drug-likeness (QED) is 0.885. The number of ether oxygens (including phenoxy) is 2. The summed E-state index contributed by atoms with van der Waals surface area (Å²) in [7, 11) is 0. The number of hydrogen-bond acceptors (Lipinski definition) is 5. The minimum Gasteiger partial charge on any atom is -0.454 e. The molecule has 0 atom stereocenters. The smallest absolute Gasteiger partial charge is 0.324 e. The van der Waals surface area contributed by atoms with Crippen molar-refractivity contribution in [3.63, 3.8) is 0 Å². The van der Waals surface area contributed by atoms with Crippen LogP contribution in [0.5, 0.6) is 11.5 Å². The Kier molecular flexibility index (Phi) is 2.96. The summed E-state index contributed by atoms with van der Waals surface area (Å²) in [4.78, 5) is 11.8. The molecule has 1 aliphatic heterocycles. The largest absolute Gasteiger partial charge is 0.454 e. The van der Waals surface area contributed by atoms with Gasteiger partial charge < -0.3 is 14.8 Å². The number of benzene rings is 1. The van der Waals surface area contributed by atoms with E-state index >= 15 is 0 Å². The van der Waals surface area contributed by atoms with E-state index in [9.17, 15) is 4.79 Å². The molecular formula is C12H11N3O3S. The number of nitrogens with zero attached hydrogens (tertiary/aromatic N) is 1. The number of aryl methyl sites for hydroxylation is 1.